The van der Waals surface area contributed by atoms with E-state index in [9.17, 15) is 28.6 Å². The summed E-state index contributed by atoms with van der Waals surface area (Å²) in [7, 11) is 0. The smallest absolute Gasteiger partial charge is 0.258 e. The summed E-state index contributed by atoms with van der Waals surface area (Å²) >= 11 is 0. The largest absolute Gasteiger partial charge is 0.508 e. The Balaban J connectivity index is 0.000000229. The Bertz CT molecular complexity index is 2290. The highest BCUT2D eigenvalue weighted by Crippen LogP contribution is 2.19. The maximum Gasteiger partial charge on any atom is 0.258 e. The van der Waals surface area contributed by atoms with Crippen LogP contribution in [-0.2, 0) is 13.2 Å². The van der Waals surface area contributed by atoms with E-state index >= 15 is 0 Å². The molecule has 0 radical (unpaired) electrons. The highest BCUT2D eigenvalue weighted by molar-refractivity contribution is 5.39. The summed E-state index contributed by atoms with van der Waals surface area (Å²) in [5, 5.41) is 28.0. The van der Waals surface area contributed by atoms with E-state index < -0.39 is 11.2 Å². The zero-order chi connectivity index (χ0) is 43.0. The van der Waals surface area contributed by atoms with E-state index in [4.69, 9.17) is 19.3 Å². The molecule has 10 nitrogen and oxygen atoms in total. The first-order chi connectivity index (χ1) is 28.0. The highest BCUT2D eigenvalue weighted by atomic mass is 19.1. The van der Waals surface area contributed by atoms with Gasteiger partial charge in [0, 0.05) is 42.3 Å². The van der Waals surface area contributed by atoms with Crippen molar-refractivity contribution in [2.75, 3.05) is 6.61 Å². The number of halogens is 2. The van der Waals surface area contributed by atoms with Crippen LogP contribution in [0.3, 0.4) is 0 Å². The second-order valence-electron chi connectivity index (χ2n) is 15.0. The van der Waals surface area contributed by atoms with E-state index in [1.807, 2.05) is 13.8 Å². The van der Waals surface area contributed by atoms with Gasteiger partial charge in [0.05, 0.1) is 17.8 Å². The maximum atomic E-state index is 12.9. The highest BCUT2D eigenvalue weighted by Gasteiger charge is 2.12. The molecule has 4 aromatic carbocycles. The molecule has 6 rings (SSSR count). The number of aromatic hydroxyl groups is 1. The summed E-state index contributed by atoms with van der Waals surface area (Å²) in [6.07, 6.45) is 5.73. The number of rotatable bonds is 14. The van der Waals surface area contributed by atoms with Crippen molar-refractivity contribution in [3.05, 3.63) is 177 Å². The minimum absolute atomic E-state index is 0.140. The lowest BCUT2D eigenvalue weighted by Gasteiger charge is -2.17. The molecular weight excluding hydrogens is 759 g/mol. The second kappa shape index (κ2) is 21.5. The molecule has 0 amide bonds. The number of ether oxygens (including phenoxy) is 3. The van der Waals surface area contributed by atoms with Crippen molar-refractivity contribution in [2.24, 2.45) is 0 Å². The minimum Gasteiger partial charge on any atom is -0.508 e. The number of aromatic nitrogens is 2. The summed E-state index contributed by atoms with van der Waals surface area (Å²) < 4.78 is 45.5. The normalized spacial score (nSPS) is 11.1. The van der Waals surface area contributed by atoms with Crippen molar-refractivity contribution in [1.29, 1.82) is 0 Å². The second-order valence-corrected chi connectivity index (χ2v) is 15.0. The monoisotopic (exact) mass is 810 g/mol. The third kappa shape index (κ3) is 16.3. The first-order valence-electron chi connectivity index (χ1n) is 19.2. The molecule has 0 aliphatic heterocycles. The summed E-state index contributed by atoms with van der Waals surface area (Å²) in [5.41, 5.74) is 1.30. The van der Waals surface area contributed by atoms with Crippen LogP contribution in [0.4, 0.5) is 8.78 Å². The predicted octanol–water partition coefficient (Wildman–Crippen LogP) is 8.91. The Hall–Kier alpha value is -6.24. The number of benzene rings is 4. The van der Waals surface area contributed by atoms with Crippen LogP contribution in [0, 0.1) is 11.6 Å². The van der Waals surface area contributed by atoms with Crippen molar-refractivity contribution in [3.8, 4) is 34.4 Å². The van der Waals surface area contributed by atoms with Gasteiger partial charge in [0.15, 0.2) is 0 Å². The number of hydrogen-bond acceptors (Lipinski definition) is 8. The quantitative estimate of drug-likeness (QED) is 0.0995. The van der Waals surface area contributed by atoms with Gasteiger partial charge < -0.3 is 29.5 Å². The van der Waals surface area contributed by atoms with E-state index in [-0.39, 0.29) is 41.7 Å². The van der Waals surface area contributed by atoms with Crippen LogP contribution in [0.1, 0.15) is 65.0 Å². The van der Waals surface area contributed by atoms with Crippen LogP contribution in [0.25, 0.3) is 11.4 Å². The Morgan fingerprint density at radius 3 is 1.31 bits per heavy atom. The summed E-state index contributed by atoms with van der Waals surface area (Å²) in [5.74, 6) is 1.10. The van der Waals surface area contributed by atoms with Crippen molar-refractivity contribution >= 4 is 0 Å². The number of phenols is 1. The molecule has 0 spiro atoms. The molecule has 0 aliphatic carbocycles. The van der Waals surface area contributed by atoms with Crippen LogP contribution in [0.15, 0.2) is 143 Å². The lowest BCUT2D eigenvalue weighted by atomic mass is 10.0. The molecule has 6 aromatic rings. The van der Waals surface area contributed by atoms with Gasteiger partial charge in [0.1, 0.15) is 47.8 Å². The number of pyridine rings is 2. The molecule has 2 aromatic heterocycles. The van der Waals surface area contributed by atoms with Crippen molar-refractivity contribution in [2.45, 2.75) is 78.3 Å². The van der Waals surface area contributed by atoms with Crippen molar-refractivity contribution < 1.29 is 38.3 Å². The van der Waals surface area contributed by atoms with Crippen LogP contribution in [0.2, 0.25) is 0 Å². The Kier molecular flexibility index (Phi) is 16.6. The Labute approximate surface area is 343 Å². The van der Waals surface area contributed by atoms with Gasteiger partial charge in [-0.3, -0.25) is 18.7 Å². The third-order valence-corrected chi connectivity index (χ3v) is 8.51. The average molecular weight is 811 g/mol. The van der Waals surface area contributed by atoms with Gasteiger partial charge in [-0.05, 0) is 130 Å². The molecule has 0 unspecified atom stereocenters. The van der Waals surface area contributed by atoms with Crippen LogP contribution < -0.4 is 25.3 Å². The van der Waals surface area contributed by atoms with Crippen LogP contribution >= 0.6 is 0 Å². The minimum atomic E-state index is -0.770. The van der Waals surface area contributed by atoms with Gasteiger partial charge in [-0.25, -0.2) is 8.78 Å². The van der Waals surface area contributed by atoms with Gasteiger partial charge >= 0.3 is 0 Å². The van der Waals surface area contributed by atoms with Crippen molar-refractivity contribution in [3.63, 3.8) is 0 Å². The molecule has 2 heterocycles. The first-order valence-corrected chi connectivity index (χ1v) is 19.2. The van der Waals surface area contributed by atoms with Gasteiger partial charge in [-0.15, -0.1) is 0 Å². The van der Waals surface area contributed by atoms with Crippen molar-refractivity contribution in [1.82, 2.24) is 9.13 Å². The fraction of sp³-hybridized carbons (Fsp3) is 0.277. The standard InChI is InChI=1S/C23H24FNO4.C18H14FNO3.C6H14O/c1-23(2,27)12-14-28-20-9-7-19(8-10-20)25-13-11-21(15-22(25)26)29-16-17-3-5-18(24)6-4-17;19-14-3-1-13(2-4-14)12-23-17-9-10-20(18(22)11-17)15-5-7-16(21)8-6-15;1-4-5-6(2,3)7/h3-11,13,15,27H,12,14,16H2,1-2H3;1-11,21H,12H2;7H,4-5H2,1-3H3. The zero-order valence-electron chi connectivity index (χ0n) is 34.0. The third-order valence-electron chi connectivity index (χ3n) is 8.51. The lowest BCUT2D eigenvalue weighted by Crippen LogP contribution is -2.21. The van der Waals surface area contributed by atoms with Gasteiger partial charge in [-0.1, -0.05) is 37.6 Å². The first kappa shape index (κ1) is 45.5. The van der Waals surface area contributed by atoms with E-state index in [0.717, 1.165) is 24.0 Å². The average Bonchev–Trinajstić information content (AvgIpc) is 3.18. The molecule has 0 saturated heterocycles. The Morgan fingerprint density at radius 2 is 0.949 bits per heavy atom. The Morgan fingerprint density at radius 1 is 0.542 bits per heavy atom. The molecule has 0 atom stereocenters. The number of aliphatic hydroxyl groups is 2. The molecule has 59 heavy (non-hydrogen) atoms. The van der Waals surface area contributed by atoms with Gasteiger partial charge in [0.25, 0.3) is 11.1 Å². The fourth-order valence-electron chi connectivity index (χ4n) is 5.37. The van der Waals surface area contributed by atoms with E-state index in [1.165, 1.54) is 57.7 Å². The molecule has 0 bridgehead atoms. The van der Waals surface area contributed by atoms with Gasteiger partial charge in [0.2, 0.25) is 0 Å². The number of nitrogens with zero attached hydrogens (tertiary/aromatic N) is 2. The summed E-state index contributed by atoms with van der Waals surface area (Å²) in [6.45, 7) is 10.1. The molecule has 0 aliphatic rings. The summed E-state index contributed by atoms with van der Waals surface area (Å²) in [6, 6.07) is 31.7. The number of phenolic OH excluding ortho intramolecular Hbond substituents is 1. The zero-order valence-corrected chi connectivity index (χ0v) is 34.0. The number of hydrogen-bond donors (Lipinski definition) is 3. The maximum absolute atomic E-state index is 12.9. The molecule has 12 heteroatoms. The van der Waals surface area contributed by atoms with E-state index in [1.54, 1.807) is 99.0 Å². The lowest BCUT2D eigenvalue weighted by molar-refractivity contribution is 0.0553. The SMILES string of the molecule is CC(C)(O)CCOc1ccc(-n2ccc(OCc3ccc(F)cc3)cc2=O)cc1.CCCC(C)(C)O.O=c1cc(OCc2ccc(F)cc2)ccn1-c1ccc(O)cc1. The van der Waals surface area contributed by atoms with E-state index in [2.05, 4.69) is 6.92 Å². The topological polar surface area (TPSA) is 132 Å². The molecule has 0 fully saturated rings. The van der Waals surface area contributed by atoms with Crippen LogP contribution in [0.5, 0.6) is 23.0 Å². The molecular formula is C47H52F2N2O8. The van der Waals surface area contributed by atoms with Gasteiger partial charge in [-0.2, -0.15) is 0 Å². The predicted molar refractivity (Wildman–Crippen MR) is 225 cm³/mol. The molecule has 0 saturated carbocycles. The molecule has 312 valence electrons. The fourth-order valence-corrected chi connectivity index (χ4v) is 5.37. The van der Waals surface area contributed by atoms with Crippen LogP contribution in [-0.4, -0.2) is 42.3 Å². The summed E-state index contributed by atoms with van der Waals surface area (Å²) in [4.78, 5) is 24.6. The molecule has 3 N–H and O–H groups in total. The van der Waals surface area contributed by atoms with E-state index in [0.29, 0.717) is 41.7 Å².